The zero-order chi connectivity index (χ0) is 93.8. The number of rotatable bonds is 18. The molecule has 4 aromatic heterocycles. The minimum absolute atomic E-state index is 0.146. The highest BCUT2D eigenvalue weighted by molar-refractivity contribution is 6.00. The molecule has 10 aliphatic rings. The number of fused-ring (bicyclic) bond motifs is 6. The first kappa shape index (κ1) is 91.0. The number of anilines is 8. The largest absolute Gasteiger partial charge is 0.475 e. The Hall–Kier alpha value is -14.5. The van der Waals surface area contributed by atoms with Gasteiger partial charge in [0.15, 0.2) is 0 Å². The van der Waals surface area contributed by atoms with Crippen LogP contribution in [-0.2, 0) is 59.8 Å². The Bertz CT molecular complexity index is 6510. The Labute approximate surface area is 791 Å². The van der Waals surface area contributed by atoms with Gasteiger partial charge in [-0.2, -0.15) is 31.6 Å². The molecule has 1 aliphatic carbocycles. The van der Waals surface area contributed by atoms with Crippen LogP contribution in [0.25, 0.3) is 32.3 Å². The van der Waals surface area contributed by atoms with Gasteiger partial charge in [-0.3, -0.25) is 14.4 Å². The van der Waals surface area contributed by atoms with E-state index in [2.05, 4.69) is 242 Å². The van der Waals surface area contributed by atoms with Crippen molar-refractivity contribution in [2.45, 2.75) is 149 Å². The third-order valence-corrected chi connectivity index (χ3v) is 30.1. The minimum Gasteiger partial charge on any atom is -0.475 e. The van der Waals surface area contributed by atoms with Crippen LogP contribution < -0.4 is 43.9 Å². The number of imidazole rings is 1. The number of carbonyl (C=O) groups excluding carboxylic acids is 3. The summed E-state index contributed by atoms with van der Waals surface area (Å²) < 4.78 is 8.14. The molecule has 688 valence electrons. The number of benzene rings is 6. The normalized spacial score (nSPS) is 19.4. The predicted molar refractivity (Wildman–Crippen MR) is 528 cm³/mol. The maximum Gasteiger partial charge on any atom is 0.246 e. The molecule has 9 aliphatic heterocycles. The van der Waals surface area contributed by atoms with E-state index in [1.165, 1.54) is 124 Å². The third kappa shape index (κ3) is 17.9. The van der Waals surface area contributed by atoms with E-state index < -0.39 is 0 Å². The van der Waals surface area contributed by atoms with Crippen molar-refractivity contribution in [3.8, 4) is 42.3 Å². The highest BCUT2D eigenvalue weighted by atomic mass is 16.5. The number of piperazine rings is 3. The Morgan fingerprint density at radius 3 is 1.16 bits per heavy atom. The van der Waals surface area contributed by atoms with Gasteiger partial charge in [0.1, 0.15) is 53.1 Å². The van der Waals surface area contributed by atoms with E-state index in [9.17, 15) is 46.0 Å². The van der Waals surface area contributed by atoms with Crippen LogP contribution in [-0.4, -0.2) is 211 Å². The van der Waals surface area contributed by atoms with Gasteiger partial charge in [-0.25, -0.2) is 19.9 Å². The van der Waals surface area contributed by atoms with Gasteiger partial charge in [0.05, 0.1) is 122 Å². The van der Waals surface area contributed by atoms with Crippen LogP contribution in [0.15, 0.2) is 166 Å². The summed E-state index contributed by atoms with van der Waals surface area (Å²) in [5, 5.41) is 68.3. The predicted octanol–water partition coefficient (Wildman–Crippen LogP) is 14.9. The smallest absolute Gasteiger partial charge is 0.246 e. The molecule has 0 N–H and O–H groups in total. The lowest BCUT2D eigenvalue weighted by atomic mass is 9.68. The zero-order valence-electron chi connectivity index (χ0n) is 78.1. The van der Waals surface area contributed by atoms with Crippen molar-refractivity contribution in [1.82, 2.24) is 44.1 Å². The number of aromatic nitrogens is 5. The average molecular weight is 1800 g/mol. The molecule has 27 nitrogen and oxygen atoms in total. The second-order valence-corrected chi connectivity index (χ2v) is 38.3. The molecule has 0 radical (unpaired) electrons. The summed E-state index contributed by atoms with van der Waals surface area (Å²) >= 11 is 0. The first-order valence-electron chi connectivity index (χ1n) is 47.8. The fourth-order valence-corrected chi connectivity index (χ4v) is 23.2. The van der Waals surface area contributed by atoms with Crippen molar-refractivity contribution >= 4 is 95.8 Å². The van der Waals surface area contributed by atoms with E-state index in [1.54, 1.807) is 27.2 Å². The van der Waals surface area contributed by atoms with Crippen molar-refractivity contribution < 1.29 is 19.1 Å². The highest BCUT2D eigenvalue weighted by Crippen LogP contribution is 2.51. The standard InChI is InChI=1S/C37H42N8O.C37H41N7O.C34H34N8O2/c1-4-33(46)45-20-19-43(22-28(45)11-15-38)35-29-12-16-42(32-10-6-9-27-8-5-7-26(2)34(27)32)23-31(29)40-36(30(35)21-39)44-24-37(25-44)13-17-41(3)18-14-37;1-3-33(45)44-20-19-42(22-28(44)13-17-38)35-29-14-18-41(32-12-8-11-27-10-7-9-26(2)34(27)32)23-31(29)40-36(30(35)21-39)43-24-37(25-43)15-5-4-6-16-37;1-3-31(43)42-17-16-41(21-26(42)10-12-35)33-27-11-14-40(30-9-5-8-25-7-4-6-24(2)32(25)30)22-29(27)38-34(28(33)20-36)44-19-18-39-15-13-37-23-39/h4-10,28H,1,11-14,16-20,22-25H2,2-3H3;3,7-12,28H,1,4-6,13-16,18-20,22-25H2,2H3;3-9,13,15,23,26H,1,10-11,14,16-19,21-22H2,2H3/t2*28-;26-/m000/s1. The second-order valence-electron chi connectivity index (χ2n) is 38.3. The van der Waals surface area contributed by atoms with Gasteiger partial charge in [-0.1, -0.05) is 130 Å². The molecule has 6 saturated heterocycles. The number of aryl methyl sites for hydroxylation is 3. The number of nitriles is 6. The van der Waals surface area contributed by atoms with Crippen LogP contribution in [0.5, 0.6) is 5.88 Å². The van der Waals surface area contributed by atoms with E-state index in [-0.39, 0.29) is 60.5 Å². The molecule has 0 unspecified atom stereocenters. The fourth-order valence-electron chi connectivity index (χ4n) is 23.2. The first-order valence-corrected chi connectivity index (χ1v) is 47.8. The number of carbonyl (C=O) groups is 3. The van der Waals surface area contributed by atoms with Crippen molar-refractivity contribution in [3.63, 3.8) is 0 Å². The van der Waals surface area contributed by atoms with Crippen molar-refractivity contribution in [2.75, 3.05) is 171 Å². The Balaban J connectivity index is 0.000000135. The summed E-state index contributed by atoms with van der Waals surface area (Å²) in [5.41, 5.74) is 18.6. The Kier molecular flexibility index (Phi) is 26.5. The summed E-state index contributed by atoms with van der Waals surface area (Å²) in [7, 11) is 2.19. The molecule has 7 fully saturated rings. The van der Waals surface area contributed by atoms with Crippen LogP contribution in [0, 0.1) is 99.6 Å². The molecule has 3 atom stereocenters. The number of hydrogen-bond donors (Lipinski definition) is 0. The monoisotopic (exact) mass is 1800 g/mol. The fraction of sp³-hybridized carbons (Fsp3) is 0.417. The molecular weight excluding hydrogens is 1680 g/mol. The third-order valence-electron chi connectivity index (χ3n) is 30.1. The van der Waals surface area contributed by atoms with E-state index in [0.717, 1.165) is 140 Å². The topological polar surface area (TPSA) is 299 Å². The number of pyridine rings is 3. The zero-order valence-corrected chi connectivity index (χ0v) is 78.1. The SMILES string of the molecule is C=CC(=O)N1CCN(c2c(C#N)c(N3CC4(CCCCC4)C3)nc3c2CCN(c2cccc4cccc(C)c24)C3)C[C@@H]1CC#N.C=CC(=O)N1CCN(c2c(C#N)c(N3CC4(CCN(C)CC4)C3)nc3c2CCN(c2cccc4cccc(C)c24)C3)C[C@@H]1CC#N.C=CC(=O)N1CCN(c2c(C#N)c(OCCn3ccnc3)nc3c2CCN(c2cccc4cccc(C)c24)C3)C[C@@H]1CC#N. The van der Waals surface area contributed by atoms with Crippen molar-refractivity contribution in [3.05, 3.63) is 233 Å². The van der Waals surface area contributed by atoms with Crippen LogP contribution in [0.4, 0.5) is 45.8 Å². The summed E-state index contributed by atoms with van der Waals surface area (Å²) in [4.78, 5) is 84.0. The minimum atomic E-state index is -0.320. The first-order chi connectivity index (χ1) is 65.8. The maximum atomic E-state index is 12.7. The van der Waals surface area contributed by atoms with Gasteiger partial charge >= 0.3 is 0 Å². The van der Waals surface area contributed by atoms with E-state index in [4.69, 9.17) is 19.7 Å². The molecule has 1 saturated carbocycles. The van der Waals surface area contributed by atoms with Gasteiger partial charge < -0.3 is 68.1 Å². The number of ether oxygens (including phenoxy) is 1. The lowest BCUT2D eigenvalue weighted by Gasteiger charge is -2.54. The second kappa shape index (κ2) is 39.3. The molecular formula is C108H117N23O4. The van der Waals surface area contributed by atoms with E-state index in [0.29, 0.717) is 126 Å². The Morgan fingerprint density at radius 2 is 0.800 bits per heavy atom. The average Bonchev–Trinajstić information content (AvgIpc) is 1.42. The molecule has 2 spiro atoms. The summed E-state index contributed by atoms with van der Waals surface area (Å²) in [6.45, 7) is 33.2. The number of amides is 3. The van der Waals surface area contributed by atoms with Gasteiger partial charge in [-0.05, 0) is 155 Å². The van der Waals surface area contributed by atoms with Crippen LogP contribution in [0.2, 0.25) is 0 Å². The number of likely N-dealkylation sites (tertiary alicyclic amines) is 1. The molecule has 10 aromatic rings. The molecule has 27 heteroatoms. The van der Waals surface area contributed by atoms with Gasteiger partial charge in [-0.15, -0.1) is 0 Å². The number of piperidine rings is 1. The molecule has 0 bridgehead atoms. The summed E-state index contributed by atoms with van der Waals surface area (Å²) in [5.74, 6) is 1.42. The van der Waals surface area contributed by atoms with Crippen molar-refractivity contribution in [1.29, 1.82) is 31.6 Å². The molecule has 3 amide bonds. The van der Waals surface area contributed by atoms with Crippen LogP contribution >= 0.6 is 0 Å². The quantitative estimate of drug-likeness (QED) is 0.0721. The van der Waals surface area contributed by atoms with Gasteiger partial charge in [0, 0.05) is 178 Å². The van der Waals surface area contributed by atoms with E-state index >= 15 is 0 Å². The van der Waals surface area contributed by atoms with Crippen LogP contribution in [0.3, 0.4) is 0 Å². The maximum absolute atomic E-state index is 12.7. The van der Waals surface area contributed by atoms with Gasteiger partial charge in [0.25, 0.3) is 0 Å². The lowest BCUT2D eigenvalue weighted by molar-refractivity contribution is -0.129. The molecule has 20 rings (SSSR count). The molecule has 135 heavy (non-hydrogen) atoms. The lowest BCUT2D eigenvalue weighted by Crippen LogP contribution is -2.60. The van der Waals surface area contributed by atoms with Crippen LogP contribution in [0.1, 0.15) is 131 Å². The number of hydrogen-bond acceptors (Lipinski definition) is 23. The summed E-state index contributed by atoms with van der Waals surface area (Å²) in [6.07, 6.45) is 20.9. The van der Waals surface area contributed by atoms with Gasteiger partial charge in [0.2, 0.25) is 23.6 Å². The molecule has 13 heterocycles. The van der Waals surface area contributed by atoms with E-state index in [1.807, 2.05) is 10.8 Å². The molecule has 6 aromatic carbocycles. The Morgan fingerprint density at radius 1 is 0.437 bits per heavy atom. The summed E-state index contributed by atoms with van der Waals surface area (Å²) in [6, 6.07) is 52.3. The number of nitrogens with zero attached hydrogens (tertiary/aromatic N) is 23. The van der Waals surface area contributed by atoms with Crippen molar-refractivity contribution in [2.24, 2.45) is 10.8 Å². The highest BCUT2D eigenvalue weighted by Gasteiger charge is 2.49.